The Hall–Kier alpha value is -2.58. The first-order valence-corrected chi connectivity index (χ1v) is 12.5. The maximum atomic E-state index is 13.0. The summed E-state index contributed by atoms with van der Waals surface area (Å²) in [5.41, 5.74) is 2.19. The van der Waals surface area contributed by atoms with E-state index in [9.17, 15) is 4.79 Å². The third-order valence-electron chi connectivity index (χ3n) is 7.36. The SMILES string of the molecule is CC1CCc2c(sc3nc(C(C)N4CCC(c5nnc6ccccn56)CC4)[nH]c(=O)c23)C1. The number of pyridine rings is 1. The lowest BCUT2D eigenvalue weighted by molar-refractivity contribution is 0.154. The second-order valence-corrected chi connectivity index (χ2v) is 10.5. The van der Waals surface area contributed by atoms with E-state index in [1.54, 1.807) is 11.3 Å². The third kappa shape index (κ3) is 3.28. The summed E-state index contributed by atoms with van der Waals surface area (Å²) in [6.45, 7) is 6.36. The minimum absolute atomic E-state index is 0.0359. The number of likely N-dealkylation sites (tertiary alicyclic amines) is 1. The Morgan fingerprint density at radius 2 is 2.03 bits per heavy atom. The molecule has 0 amide bonds. The van der Waals surface area contributed by atoms with Crippen molar-refractivity contribution in [1.82, 2.24) is 29.5 Å². The summed E-state index contributed by atoms with van der Waals surface area (Å²) in [6.07, 6.45) is 7.33. The highest BCUT2D eigenvalue weighted by molar-refractivity contribution is 7.18. The predicted octanol–water partition coefficient (Wildman–Crippen LogP) is 4.09. The molecule has 7 nitrogen and oxygen atoms in total. The first-order valence-electron chi connectivity index (χ1n) is 11.7. The van der Waals surface area contributed by atoms with Crippen molar-refractivity contribution in [2.24, 2.45) is 5.92 Å². The Balaban J connectivity index is 1.22. The Bertz CT molecular complexity index is 1350. The third-order valence-corrected chi connectivity index (χ3v) is 8.51. The molecule has 4 aromatic rings. The standard InChI is InChI=1S/C24H28N6OS/c1-14-6-7-17-18(13-14)32-24-20(17)23(31)25-21(26-24)15(2)29-11-8-16(9-12-29)22-28-27-19-5-3-4-10-30(19)22/h3-5,10,14-16H,6-9,11-13H2,1-2H3,(H,25,26,31). The summed E-state index contributed by atoms with van der Waals surface area (Å²) in [6, 6.07) is 6.10. The second-order valence-electron chi connectivity index (χ2n) is 9.46. The van der Waals surface area contributed by atoms with E-state index in [1.807, 2.05) is 24.4 Å². The van der Waals surface area contributed by atoms with E-state index >= 15 is 0 Å². The zero-order valence-electron chi connectivity index (χ0n) is 18.5. The van der Waals surface area contributed by atoms with Gasteiger partial charge in [0.05, 0.1) is 11.4 Å². The van der Waals surface area contributed by atoms with Gasteiger partial charge in [-0.05, 0) is 75.7 Å². The number of hydrogen-bond donors (Lipinski definition) is 1. The Kier molecular flexibility index (Phi) is 4.87. The van der Waals surface area contributed by atoms with Gasteiger partial charge in [-0.15, -0.1) is 21.5 Å². The van der Waals surface area contributed by atoms with E-state index in [2.05, 4.69) is 38.3 Å². The zero-order chi connectivity index (χ0) is 21.8. The number of aromatic nitrogens is 5. The highest BCUT2D eigenvalue weighted by atomic mass is 32.1. The molecule has 2 atom stereocenters. The lowest BCUT2D eigenvalue weighted by Crippen LogP contribution is -2.36. The van der Waals surface area contributed by atoms with Crippen molar-refractivity contribution in [1.29, 1.82) is 0 Å². The Morgan fingerprint density at radius 1 is 1.19 bits per heavy atom. The molecule has 1 N–H and O–H groups in total. The van der Waals surface area contributed by atoms with Crippen LogP contribution in [0.1, 0.15) is 67.2 Å². The zero-order valence-corrected chi connectivity index (χ0v) is 19.4. The molecule has 32 heavy (non-hydrogen) atoms. The predicted molar refractivity (Wildman–Crippen MR) is 126 cm³/mol. The molecule has 1 aliphatic heterocycles. The van der Waals surface area contributed by atoms with E-state index < -0.39 is 0 Å². The molecule has 1 aliphatic carbocycles. The molecule has 2 unspecified atom stereocenters. The molecular formula is C24H28N6OS. The maximum Gasteiger partial charge on any atom is 0.259 e. The summed E-state index contributed by atoms with van der Waals surface area (Å²) in [5.74, 6) is 2.94. The van der Waals surface area contributed by atoms with Crippen LogP contribution in [0.15, 0.2) is 29.2 Å². The number of fused-ring (bicyclic) bond motifs is 4. The molecular weight excluding hydrogens is 420 g/mol. The monoisotopic (exact) mass is 448 g/mol. The highest BCUT2D eigenvalue weighted by Crippen LogP contribution is 2.36. The van der Waals surface area contributed by atoms with E-state index in [0.717, 1.165) is 72.7 Å². The van der Waals surface area contributed by atoms with Crippen LogP contribution in [0.5, 0.6) is 0 Å². The van der Waals surface area contributed by atoms with Gasteiger partial charge >= 0.3 is 0 Å². The normalized spacial score (nSPS) is 21.2. The Labute approximate surface area is 190 Å². The van der Waals surface area contributed by atoms with Gasteiger partial charge in [0.15, 0.2) is 5.65 Å². The molecule has 0 spiro atoms. The van der Waals surface area contributed by atoms with Gasteiger partial charge in [0.25, 0.3) is 5.56 Å². The van der Waals surface area contributed by atoms with Crippen molar-refractivity contribution in [3.05, 3.63) is 56.8 Å². The number of nitrogens with zero attached hydrogens (tertiary/aromatic N) is 5. The van der Waals surface area contributed by atoms with E-state index in [1.165, 1.54) is 10.4 Å². The van der Waals surface area contributed by atoms with Gasteiger partial charge in [0.2, 0.25) is 0 Å². The molecule has 1 saturated heterocycles. The number of rotatable bonds is 3. The number of piperidine rings is 1. The average molecular weight is 449 g/mol. The Morgan fingerprint density at radius 3 is 2.88 bits per heavy atom. The van der Waals surface area contributed by atoms with Gasteiger partial charge in [-0.1, -0.05) is 13.0 Å². The molecule has 0 bridgehead atoms. The quantitative estimate of drug-likeness (QED) is 0.511. The fraction of sp³-hybridized carbons (Fsp3) is 0.500. The van der Waals surface area contributed by atoms with Crippen molar-refractivity contribution in [2.75, 3.05) is 13.1 Å². The molecule has 5 heterocycles. The van der Waals surface area contributed by atoms with Crippen LogP contribution in [0.25, 0.3) is 15.9 Å². The van der Waals surface area contributed by atoms with Crippen LogP contribution in [0.2, 0.25) is 0 Å². The lowest BCUT2D eigenvalue weighted by Gasteiger charge is -2.34. The number of aryl methyl sites for hydroxylation is 1. The fourth-order valence-corrected chi connectivity index (χ4v) is 6.81. The summed E-state index contributed by atoms with van der Waals surface area (Å²) in [5, 5.41) is 9.62. The number of aromatic amines is 1. The molecule has 8 heteroatoms. The van der Waals surface area contributed by atoms with Gasteiger partial charge in [-0.3, -0.25) is 14.1 Å². The summed E-state index contributed by atoms with van der Waals surface area (Å²) < 4.78 is 2.11. The first-order chi connectivity index (χ1) is 15.6. The molecule has 0 saturated carbocycles. The number of H-pyrrole nitrogens is 1. The van der Waals surface area contributed by atoms with E-state index in [4.69, 9.17) is 4.98 Å². The molecule has 4 aromatic heterocycles. The van der Waals surface area contributed by atoms with Gasteiger partial charge in [-0.2, -0.15) is 0 Å². The van der Waals surface area contributed by atoms with Crippen LogP contribution >= 0.6 is 11.3 Å². The van der Waals surface area contributed by atoms with Gasteiger partial charge in [0.1, 0.15) is 16.5 Å². The maximum absolute atomic E-state index is 13.0. The van der Waals surface area contributed by atoms with Crippen LogP contribution in [0, 0.1) is 5.92 Å². The largest absolute Gasteiger partial charge is 0.309 e. The minimum Gasteiger partial charge on any atom is -0.309 e. The molecule has 6 rings (SSSR count). The molecule has 0 radical (unpaired) electrons. The average Bonchev–Trinajstić information content (AvgIpc) is 3.39. The van der Waals surface area contributed by atoms with Crippen LogP contribution in [-0.4, -0.2) is 42.6 Å². The molecule has 0 aromatic carbocycles. The van der Waals surface area contributed by atoms with Crippen LogP contribution < -0.4 is 5.56 Å². The van der Waals surface area contributed by atoms with E-state index in [0.29, 0.717) is 11.8 Å². The van der Waals surface area contributed by atoms with Crippen molar-refractivity contribution < 1.29 is 0 Å². The van der Waals surface area contributed by atoms with Gasteiger partial charge < -0.3 is 4.98 Å². The van der Waals surface area contributed by atoms with Crippen molar-refractivity contribution in [2.45, 2.75) is 57.9 Å². The topological polar surface area (TPSA) is 79.2 Å². The fourth-order valence-electron chi connectivity index (χ4n) is 5.42. The van der Waals surface area contributed by atoms with Gasteiger partial charge in [-0.25, -0.2) is 4.98 Å². The number of nitrogens with one attached hydrogen (secondary N) is 1. The minimum atomic E-state index is 0.0359. The number of thiophene rings is 1. The van der Waals surface area contributed by atoms with Gasteiger partial charge in [0, 0.05) is 17.0 Å². The molecule has 1 fully saturated rings. The summed E-state index contributed by atoms with van der Waals surface area (Å²) in [7, 11) is 0. The molecule has 2 aliphatic rings. The number of hydrogen-bond acceptors (Lipinski definition) is 6. The van der Waals surface area contributed by atoms with Crippen molar-refractivity contribution in [3.63, 3.8) is 0 Å². The van der Waals surface area contributed by atoms with Crippen LogP contribution in [0.4, 0.5) is 0 Å². The highest BCUT2D eigenvalue weighted by Gasteiger charge is 2.29. The van der Waals surface area contributed by atoms with E-state index in [-0.39, 0.29) is 11.6 Å². The molecule has 166 valence electrons. The van der Waals surface area contributed by atoms with Crippen molar-refractivity contribution in [3.8, 4) is 0 Å². The summed E-state index contributed by atoms with van der Waals surface area (Å²) >= 11 is 1.73. The van der Waals surface area contributed by atoms with Crippen LogP contribution in [0.3, 0.4) is 0 Å². The smallest absolute Gasteiger partial charge is 0.259 e. The van der Waals surface area contributed by atoms with Crippen molar-refractivity contribution >= 4 is 27.2 Å². The lowest BCUT2D eigenvalue weighted by atomic mass is 9.89. The van der Waals surface area contributed by atoms with Crippen LogP contribution in [-0.2, 0) is 12.8 Å². The first kappa shape index (κ1) is 20.1. The second kappa shape index (κ2) is 7.78. The summed E-state index contributed by atoms with van der Waals surface area (Å²) in [4.78, 5) is 25.8.